The number of hydrogen-bond acceptors (Lipinski definition) is 6. The van der Waals surface area contributed by atoms with Crippen molar-refractivity contribution in [3.8, 4) is 0 Å². The number of para-hydroxylation sites is 1. The van der Waals surface area contributed by atoms with E-state index >= 15 is 0 Å². The topological polar surface area (TPSA) is 85.1 Å². The quantitative estimate of drug-likeness (QED) is 0.556. The normalized spacial score (nSPS) is 11.3. The Bertz CT molecular complexity index is 1080. The van der Waals surface area contributed by atoms with E-state index in [9.17, 15) is 4.79 Å². The fourth-order valence-electron chi connectivity index (χ4n) is 3.18. The molecule has 0 saturated carbocycles. The maximum atomic E-state index is 12.2. The first-order valence-corrected chi connectivity index (χ1v) is 9.70. The van der Waals surface area contributed by atoms with Gasteiger partial charge in [-0.2, -0.15) is 10.1 Å². The standard InChI is InChI=1S/C19H20N6OS/c1-12-14(13(2)25-19(23-12)21-11-22-25)7-8-17(26)20-10-9-18-24-15-5-3-4-6-16(15)27-18/h3-6,11H,7-10H2,1-2H3,(H,20,26). The molecule has 3 aromatic heterocycles. The van der Waals surface area contributed by atoms with Crippen molar-refractivity contribution in [1.82, 2.24) is 29.9 Å². The summed E-state index contributed by atoms with van der Waals surface area (Å²) in [5.74, 6) is 0.627. The molecule has 1 aromatic carbocycles. The van der Waals surface area contributed by atoms with Crippen molar-refractivity contribution in [2.45, 2.75) is 33.1 Å². The number of hydrogen-bond donors (Lipinski definition) is 1. The third-order valence-corrected chi connectivity index (χ3v) is 5.69. The van der Waals surface area contributed by atoms with E-state index in [0.29, 0.717) is 25.2 Å². The van der Waals surface area contributed by atoms with Crippen LogP contribution in [-0.2, 0) is 17.6 Å². The fourth-order valence-corrected chi connectivity index (χ4v) is 4.15. The minimum Gasteiger partial charge on any atom is -0.356 e. The first kappa shape index (κ1) is 17.5. The summed E-state index contributed by atoms with van der Waals surface area (Å²) in [6, 6.07) is 8.09. The Morgan fingerprint density at radius 3 is 2.89 bits per heavy atom. The summed E-state index contributed by atoms with van der Waals surface area (Å²) < 4.78 is 2.90. The second-order valence-electron chi connectivity index (χ2n) is 6.41. The second-order valence-corrected chi connectivity index (χ2v) is 7.52. The molecule has 27 heavy (non-hydrogen) atoms. The number of fused-ring (bicyclic) bond motifs is 2. The molecule has 0 bridgehead atoms. The molecule has 4 aromatic rings. The Morgan fingerprint density at radius 2 is 2.04 bits per heavy atom. The van der Waals surface area contributed by atoms with Gasteiger partial charge in [-0.15, -0.1) is 11.3 Å². The van der Waals surface area contributed by atoms with Crippen LogP contribution in [0, 0.1) is 13.8 Å². The average Bonchev–Trinajstić information content (AvgIpc) is 3.27. The first-order valence-electron chi connectivity index (χ1n) is 8.89. The molecule has 7 nitrogen and oxygen atoms in total. The lowest BCUT2D eigenvalue weighted by Crippen LogP contribution is -2.26. The zero-order valence-electron chi connectivity index (χ0n) is 15.3. The minimum atomic E-state index is 0.0357. The number of carbonyl (C=O) groups is 1. The lowest BCUT2D eigenvalue weighted by Gasteiger charge is -2.10. The Balaban J connectivity index is 1.32. The van der Waals surface area contributed by atoms with Gasteiger partial charge in [0.05, 0.1) is 15.2 Å². The third kappa shape index (κ3) is 3.66. The van der Waals surface area contributed by atoms with Crippen molar-refractivity contribution < 1.29 is 4.79 Å². The maximum absolute atomic E-state index is 12.2. The van der Waals surface area contributed by atoms with Crippen LogP contribution in [0.1, 0.15) is 28.4 Å². The lowest BCUT2D eigenvalue weighted by molar-refractivity contribution is -0.121. The van der Waals surface area contributed by atoms with Gasteiger partial charge in [0.25, 0.3) is 5.78 Å². The first-order chi connectivity index (χ1) is 13.1. The van der Waals surface area contributed by atoms with Crippen LogP contribution in [0.3, 0.4) is 0 Å². The summed E-state index contributed by atoms with van der Waals surface area (Å²) in [5, 5.41) is 8.22. The number of rotatable bonds is 6. The van der Waals surface area contributed by atoms with E-state index < -0.39 is 0 Å². The van der Waals surface area contributed by atoms with E-state index in [1.165, 1.54) is 11.0 Å². The molecule has 0 aliphatic rings. The molecule has 0 aliphatic carbocycles. The van der Waals surface area contributed by atoms with Crippen molar-refractivity contribution in [2.24, 2.45) is 0 Å². The van der Waals surface area contributed by atoms with E-state index in [1.54, 1.807) is 15.9 Å². The molecule has 0 spiro atoms. The highest BCUT2D eigenvalue weighted by molar-refractivity contribution is 7.18. The highest BCUT2D eigenvalue weighted by Crippen LogP contribution is 2.21. The van der Waals surface area contributed by atoms with Crippen LogP contribution in [0.25, 0.3) is 16.0 Å². The zero-order valence-corrected chi connectivity index (χ0v) is 16.1. The molecule has 1 amide bonds. The highest BCUT2D eigenvalue weighted by atomic mass is 32.1. The number of aromatic nitrogens is 5. The van der Waals surface area contributed by atoms with Crippen molar-refractivity contribution >= 4 is 33.2 Å². The Labute approximate surface area is 160 Å². The molecular formula is C19H20N6OS. The maximum Gasteiger partial charge on any atom is 0.252 e. The van der Waals surface area contributed by atoms with Gasteiger partial charge in [-0.05, 0) is 38.0 Å². The molecule has 0 saturated heterocycles. The Morgan fingerprint density at radius 1 is 1.19 bits per heavy atom. The van der Waals surface area contributed by atoms with Crippen LogP contribution in [0.5, 0.6) is 0 Å². The summed E-state index contributed by atoms with van der Waals surface area (Å²) in [4.78, 5) is 25.4. The van der Waals surface area contributed by atoms with Gasteiger partial charge >= 0.3 is 0 Å². The van der Waals surface area contributed by atoms with Crippen molar-refractivity contribution in [3.05, 3.63) is 52.6 Å². The lowest BCUT2D eigenvalue weighted by atomic mass is 10.1. The SMILES string of the molecule is Cc1nc2ncnn2c(C)c1CCC(=O)NCCc1nc2ccccc2s1. The minimum absolute atomic E-state index is 0.0357. The van der Waals surface area contributed by atoms with Crippen LogP contribution >= 0.6 is 11.3 Å². The summed E-state index contributed by atoms with van der Waals surface area (Å²) in [6.45, 7) is 4.52. The van der Waals surface area contributed by atoms with E-state index in [1.807, 2.05) is 32.0 Å². The summed E-state index contributed by atoms with van der Waals surface area (Å²) in [5.41, 5.74) is 3.95. The predicted molar refractivity (Wildman–Crippen MR) is 105 cm³/mol. The van der Waals surface area contributed by atoms with Crippen molar-refractivity contribution in [1.29, 1.82) is 0 Å². The summed E-state index contributed by atoms with van der Waals surface area (Å²) in [7, 11) is 0. The molecule has 0 atom stereocenters. The molecule has 4 rings (SSSR count). The van der Waals surface area contributed by atoms with Crippen LogP contribution in [0.4, 0.5) is 0 Å². The molecular weight excluding hydrogens is 360 g/mol. The van der Waals surface area contributed by atoms with E-state index in [-0.39, 0.29) is 5.91 Å². The van der Waals surface area contributed by atoms with Gasteiger partial charge in [0.2, 0.25) is 5.91 Å². The molecule has 0 aliphatic heterocycles. The van der Waals surface area contributed by atoms with Gasteiger partial charge in [-0.3, -0.25) is 4.79 Å². The van der Waals surface area contributed by atoms with E-state index in [4.69, 9.17) is 0 Å². The van der Waals surface area contributed by atoms with Crippen LogP contribution in [0.15, 0.2) is 30.6 Å². The van der Waals surface area contributed by atoms with Crippen molar-refractivity contribution in [3.63, 3.8) is 0 Å². The Kier molecular flexibility index (Phi) is 4.81. The molecule has 0 fully saturated rings. The molecule has 1 N–H and O–H groups in total. The van der Waals surface area contributed by atoms with Gasteiger partial charge in [0, 0.05) is 30.8 Å². The number of amides is 1. The molecule has 0 unspecified atom stereocenters. The van der Waals surface area contributed by atoms with Gasteiger partial charge in [-0.25, -0.2) is 14.5 Å². The predicted octanol–water partition coefficient (Wildman–Crippen LogP) is 2.64. The van der Waals surface area contributed by atoms with Crippen LogP contribution < -0.4 is 5.32 Å². The number of nitrogens with zero attached hydrogens (tertiary/aromatic N) is 5. The van der Waals surface area contributed by atoms with E-state index in [0.717, 1.165) is 33.9 Å². The van der Waals surface area contributed by atoms with Crippen LogP contribution in [0.2, 0.25) is 0 Å². The molecule has 138 valence electrons. The fraction of sp³-hybridized carbons (Fsp3) is 0.316. The Hall–Kier alpha value is -2.87. The van der Waals surface area contributed by atoms with Gasteiger partial charge < -0.3 is 5.32 Å². The highest BCUT2D eigenvalue weighted by Gasteiger charge is 2.12. The second kappa shape index (κ2) is 7.40. The van der Waals surface area contributed by atoms with Gasteiger partial charge in [0.1, 0.15) is 6.33 Å². The van der Waals surface area contributed by atoms with Gasteiger partial charge in [-0.1, -0.05) is 12.1 Å². The number of benzene rings is 1. The van der Waals surface area contributed by atoms with Crippen molar-refractivity contribution in [2.75, 3.05) is 6.54 Å². The number of nitrogens with one attached hydrogen (secondary N) is 1. The third-order valence-electron chi connectivity index (χ3n) is 4.59. The largest absolute Gasteiger partial charge is 0.356 e. The number of carbonyl (C=O) groups excluding carboxylic acids is 1. The molecule has 8 heteroatoms. The monoisotopic (exact) mass is 380 g/mol. The van der Waals surface area contributed by atoms with Gasteiger partial charge in [0.15, 0.2) is 0 Å². The molecule has 3 heterocycles. The molecule has 0 radical (unpaired) electrons. The average molecular weight is 380 g/mol. The summed E-state index contributed by atoms with van der Waals surface area (Å²) in [6.07, 6.45) is 3.29. The van der Waals surface area contributed by atoms with E-state index in [2.05, 4.69) is 31.4 Å². The van der Waals surface area contributed by atoms with Crippen LogP contribution in [-0.4, -0.2) is 37.0 Å². The zero-order chi connectivity index (χ0) is 18.8. The summed E-state index contributed by atoms with van der Waals surface area (Å²) >= 11 is 1.68. The number of aryl methyl sites for hydroxylation is 2. The number of thiazole rings is 1. The smallest absolute Gasteiger partial charge is 0.252 e.